The Balaban J connectivity index is 1.76. The fourth-order valence-electron chi connectivity index (χ4n) is 2.76. The van der Waals surface area contributed by atoms with Gasteiger partial charge in [-0.15, -0.1) is 0 Å². The summed E-state index contributed by atoms with van der Waals surface area (Å²) < 4.78 is 4.71. The van der Waals surface area contributed by atoms with Gasteiger partial charge in [-0.1, -0.05) is 12.1 Å². The zero-order valence-corrected chi connectivity index (χ0v) is 15.8. The van der Waals surface area contributed by atoms with Gasteiger partial charge in [-0.05, 0) is 61.4 Å². The molecule has 0 saturated carbocycles. The Hall–Kier alpha value is -3.74. The van der Waals surface area contributed by atoms with Crippen molar-refractivity contribution < 1.29 is 14.3 Å². The first-order valence-electron chi connectivity index (χ1n) is 8.63. The van der Waals surface area contributed by atoms with Gasteiger partial charge in [0, 0.05) is 17.6 Å². The number of esters is 1. The van der Waals surface area contributed by atoms with Crippen LogP contribution in [0.2, 0.25) is 0 Å². The molecule has 1 amide bonds. The maximum Gasteiger partial charge on any atom is 0.337 e. The summed E-state index contributed by atoms with van der Waals surface area (Å²) in [4.78, 5) is 32.6. The molecule has 0 atom stereocenters. The summed E-state index contributed by atoms with van der Waals surface area (Å²) in [6.07, 6.45) is 1.50. The zero-order valence-electron chi connectivity index (χ0n) is 15.8. The molecule has 2 aromatic carbocycles. The van der Waals surface area contributed by atoms with Crippen LogP contribution in [0.4, 0.5) is 17.3 Å². The van der Waals surface area contributed by atoms with E-state index in [2.05, 4.69) is 20.6 Å². The van der Waals surface area contributed by atoms with E-state index in [4.69, 9.17) is 4.74 Å². The molecule has 0 spiro atoms. The smallest absolute Gasteiger partial charge is 0.337 e. The maximum absolute atomic E-state index is 12.5. The number of methoxy groups -OCH3 is 1. The average molecular weight is 376 g/mol. The van der Waals surface area contributed by atoms with Gasteiger partial charge in [0.1, 0.15) is 5.69 Å². The van der Waals surface area contributed by atoms with Gasteiger partial charge in [-0.25, -0.2) is 14.8 Å². The van der Waals surface area contributed by atoms with Crippen LogP contribution in [0.1, 0.15) is 32.0 Å². The molecule has 28 heavy (non-hydrogen) atoms. The third kappa shape index (κ3) is 4.70. The Morgan fingerprint density at radius 2 is 1.71 bits per heavy atom. The van der Waals surface area contributed by atoms with E-state index in [0.29, 0.717) is 16.9 Å². The van der Waals surface area contributed by atoms with Crippen LogP contribution in [0.15, 0.2) is 54.7 Å². The molecular weight excluding hydrogens is 356 g/mol. The van der Waals surface area contributed by atoms with Crippen molar-refractivity contribution in [1.82, 2.24) is 9.97 Å². The van der Waals surface area contributed by atoms with E-state index in [9.17, 15) is 9.59 Å². The average Bonchev–Trinajstić information content (AvgIpc) is 2.67. The number of anilines is 3. The van der Waals surface area contributed by atoms with E-state index in [1.165, 1.54) is 19.4 Å². The molecule has 3 rings (SSSR count). The van der Waals surface area contributed by atoms with Crippen molar-refractivity contribution in [3.05, 3.63) is 77.1 Å². The Bertz CT molecular complexity index is 1010. The second kappa shape index (κ2) is 8.30. The highest BCUT2D eigenvalue weighted by molar-refractivity contribution is 6.03. The molecule has 0 fully saturated rings. The van der Waals surface area contributed by atoms with Crippen LogP contribution < -0.4 is 10.6 Å². The van der Waals surface area contributed by atoms with E-state index < -0.39 is 5.97 Å². The van der Waals surface area contributed by atoms with Gasteiger partial charge < -0.3 is 15.4 Å². The topological polar surface area (TPSA) is 93.2 Å². The SMILES string of the molecule is COC(=O)c1cccc(Nc2nccc(C(=O)Nc3cc(C)cc(C)c3)n2)c1. The van der Waals surface area contributed by atoms with Crippen LogP contribution in [0.3, 0.4) is 0 Å². The molecule has 0 unspecified atom stereocenters. The van der Waals surface area contributed by atoms with Crippen molar-refractivity contribution in [3.63, 3.8) is 0 Å². The van der Waals surface area contributed by atoms with Crippen molar-refractivity contribution in [2.75, 3.05) is 17.7 Å². The normalized spacial score (nSPS) is 10.2. The monoisotopic (exact) mass is 376 g/mol. The number of carbonyl (C=O) groups excluding carboxylic acids is 2. The zero-order chi connectivity index (χ0) is 20.1. The molecule has 1 heterocycles. The highest BCUT2D eigenvalue weighted by atomic mass is 16.5. The van der Waals surface area contributed by atoms with E-state index in [1.54, 1.807) is 24.3 Å². The third-order valence-corrected chi connectivity index (χ3v) is 3.91. The van der Waals surface area contributed by atoms with Gasteiger partial charge >= 0.3 is 5.97 Å². The molecular formula is C21H20N4O3. The fraction of sp³-hybridized carbons (Fsp3) is 0.143. The first kappa shape index (κ1) is 19.0. The van der Waals surface area contributed by atoms with Gasteiger partial charge in [0.2, 0.25) is 5.95 Å². The summed E-state index contributed by atoms with van der Waals surface area (Å²) in [6, 6.07) is 14.1. The van der Waals surface area contributed by atoms with Crippen LogP contribution >= 0.6 is 0 Å². The summed E-state index contributed by atoms with van der Waals surface area (Å²) in [5, 5.41) is 5.84. The molecule has 0 radical (unpaired) electrons. The van der Waals surface area contributed by atoms with Gasteiger partial charge in [0.05, 0.1) is 12.7 Å². The Labute approximate surface area is 162 Å². The fourth-order valence-corrected chi connectivity index (χ4v) is 2.76. The molecule has 0 aliphatic carbocycles. The Morgan fingerprint density at radius 1 is 0.964 bits per heavy atom. The summed E-state index contributed by atoms with van der Waals surface area (Å²) >= 11 is 0. The lowest BCUT2D eigenvalue weighted by Crippen LogP contribution is -2.15. The van der Waals surface area contributed by atoms with Crippen molar-refractivity contribution >= 4 is 29.2 Å². The quantitative estimate of drug-likeness (QED) is 0.657. The number of rotatable bonds is 5. The minimum atomic E-state index is -0.439. The summed E-state index contributed by atoms with van der Waals surface area (Å²) in [5.41, 5.74) is 4.06. The van der Waals surface area contributed by atoms with E-state index in [1.807, 2.05) is 32.0 Å². The van der Waals surface area contributed by atoms with Crippen LogP contribution in [0.25, 0.3) is 0 Å². The molecule has 0 aliphatic heterocycles. The van der Waals surface area contributed by atoms with Gasteiger partial charge in [0.15, 0.2) is 0 Å². The molecule has 142 valence electrons. The molecule has 7 heteroatoms. The lowest BCUT2D eigenvalue weighted by atomic mass is 10.1. The van der Waals surface area contributed by atoms with Gasteiger partial charge in [-0.2, -0.15) is 0 Å². The third-order valence-electron chi connectivity index (χ3n) is 3.91. The molecule has 7 nitrogen and oxygen atoms in total. The summed E-state index contributed by atoms with van der Waals surface area (Å²) in [5.74, 6) is -0.528. The van der Waals surface area contributed by atoms with Crippen LogP contribution in [0.5, 0.6) is 0 Å². The Kier molecular flexibility index (Phi) is 5.64. The second-order valence-electron chi connectivity index (χ2n) is 6.29. The minimum Gasteiger partial charge on any atom is -0.465 e. The molecule has 3 aromatic rings. The standard InChI is InChI=1S/C21H20N4O3/c1-13-9-14(2)11-17(10-13)23-19(26)18-7-8-22-21(25-18)24-16-6-4-5-15(12-16)20(27)28-3/h4-12H,1-3H3,(H,23,26)(H,22,24,25). The number of carbonyl (C=O) groups is 2. The summed E-state index contributed by atoms with van der Waals surface area (Å²) in [7, 11) is 1.32. The highest BCUT2D eigenvalue weighted by Gasteiger charge is 2.11. The highest BCUT2D eigenvalue weighted by Crippen LogP contribution is 2.17. The predicted octanol–water partition coefficient (Wildman–Crippen LogP) is 3.88. The van der Waals surface area contributed by atoms with Gasteiger partial charge in [0.25, 0.3) is 5.91 Å². The first-order chi connectivity index (χ1) is 13.4. The number of benzene rings is 2. The number of hydrogen-bond acceptors (Lipinski definition) is 6. The predicted molar refractivity (Wildman–Crippen MR) is 107 cm³/mol. The van der Waals surface area contributed by atoms with E-state index >= 15 is 0 Å². The number of nitrogens with one attached hydrogen (secondary N) is 2. The lowest BCUT2D eigenvalue weighted by Gasteiger charge is -2.09. The van der Waals surface area contributed by atoms with Crippen molar-refractivity contribution in [1.29, 1.82) is 0 Å². The minimum absolute atomic E-state index is 0.223. The number of nitrogens with zero attached hydrogens (tertiary/aromatic N) is 2. The number of aromatic nitrogens is 2. The van der Waals surface area contributed by atoms with Crippen molar-refractivity contribution in [3.8, 4) is 0 Å². The first-order valence-corrected chi connectivity index (χ1v) is 8.63. The second-order valence-corrected chi connectivity index (χ2v) is 6.29. The van der Waals surface area contributed by atoms with Gasteiger partial charge in [-0.3, -0.25) is 4.79 Å². The van der Waals surface area contributed by atoms with Crippen LogP contribution in [-0.4, -0.2) is 29.0 Å². The molecule has 0 saturated heterocycles. The van der Waals surface area contributed by atoms with Crippen molar-refractivity contribution in [2.24, 2.45) is 0 Å². The number of amides is 1. The lowest BCUT2D eigenvalue weighted by molar-refractivity contribution is 0.0600. The molecule has 1 aromatic heterocycles. The number of hydrogen-bond donors (Lipinski definition) is 2. The van der Waals surface area contributed by atoms with E-state index in [-0.39, 0.29) is 17.5 Å². The van der Waals surface area contributed by atoms with Crippen LogP contribution in [-0.2, 0) is 4.74 Å². The number of ether oxygens (including phenoxy) is 1. The summed E-state index contributed by atoms with van der Waals surface area (Å²) in [6.45, 7) is 3.94. The molecule has 0 aliphatic rings. The molecule has 0 bridgehead atoms. The van der Waals surface area contributed by atoms with E-state index in [0.717, 1.165) is 11.1 Å². The number of aryl methyl sites for hydroxylation is 2. The van der Waals surface area contributed by atoms with Crippen molar-refractivity contribution in [2.45, 2.75) is 13.8 Å². The molecule has 2 N–H and O–H groups in total. The largest absolute Gasteiger partial charge is 0.465 e. The Morgan fingerprint density at radius 3 is 2.43 bits per heavy atom. The maximum atomic E-state index is 12.5. The van der Waals surface area contributed by atoms with Crippen LogP contribution in [0, 0.1) is 13.8 Å².